The number of hydrogen-bond acceptors (Lipinski definition) is 10. The topological polar surface area (TPSA) is 185 Å². The molecule has 18 heteroatoms. The molecule has 0 heterocycles. The van der Waals surface area contributed by atoms with E-state index in [4.69, 9.17) is 0 Å². The third-order valence-corrected chi connectivity index (χ3v) is 23.3. The van der Waals surface area contributed by atoms with Gasteiger partial charge in [0, 0.05) is 0 Å². The second-order valence-corrected chi connectivity index (χ2v) is 33.7. The van der Waals surface area contributed by atoms with Crippen LogP contribution in [-0.4, -0.2) is 153 Å². The lowest BCUT2D eigenvalue weighted by molar-refractivity contribution is -0.929. The lowest BCUT2D eigenvalue weighted by Crippen LogP contribution is -2.50. The number of quaternary nitrogens is 5. The van der Waals surface area contributed by atoms with E-state index in [0.29, 0.717) is 0 Å². The van der Waals surface area contributed by atoms with Gasteiger partial charge in [0.2, 0.25) is 0 Å². The normalized spacial score (nSPS) is 12.3. The van der Waals surface area contributed by atoms with Crippen molar-refractivity contribution in [1.29, 1.82) is 0 Å². The summed E-state index contributed by atoms with van der Waals surface area (Å²) in [6.45, 7) is 75.1. The van der Waals surface area contributed by atoms with Crippen LogP contribution in [0.5, 0.6) is 0 Å². The Bertz CT molecular complexity index is 1320. The van der Waals surface area contributed by atoms with Crippen molar-refractivity contribution in [3.8, 4) is 0 Å². The highest BCUT2D eigenvalue weighted by Crippen LogP contribution is 2.57. The summed E-state index contributed by atoms with van der Waals surface area (Å²) in [5, 5.41) is 0. The zero-order chi connectivity index (χ0) is 75.8. The van der Waals surface area contributed by atoms with Crippen molar-refractivity contribution >= 4 is 23.5 Å². The van der Waals surface area contributed by atoms with Gasteiger partial charge in [-0.25, -0.2) is 0 Å². The highest BCUT2D eigenvalue weighted by atomic mass is 31.3. The van der Waals surface area contributed by atoms with E-state index in [2.05, 4.69) is 147 Å². The van der Waals surface area contributed by atoms with Gasteiger partial charge < -0.3 is 56.0 Å². The van der Waals surface area contributed by atoms with E-state index in [1.54, 1.807) is 0 Å². The zero-order valence-electron chi connectivity index (χ0n) is 70.1. The highest BCUT2D eigenvalue weighted by Gasteiger charge is 2.29. The minimum atomic E-state index is -5.97. The first kappa shape index (κ1) is 109. The van der Waals surface area contributed by atoms with Gasteiger partial charge in [-0.15, -0.1) is 0 Å². The third-order valence-electron chi connectivity index (χ3n) is 20.1. The van der Waals surface area contributed by atoms with Crippen LogP contribution in [0.4, 0.5) is 0 Å². The molecule has 0 aliphatic heterocycles. The molecule has 0 aromatic rings. The summed E-state index contributed by atoms with van der Waals surface area (Å²) in [6, 6.07) is 0. The Morgan fingerprint density at radius 3 is 0.296 bits per heavy atom. The van der Waals surface area contributed by atoms with Crippen molar-refractivity contribution in [2.75, 3.05) is 131 Å². The van der Waals surface area contributed by atoms with Gasteiger partial charge in [0.25, 0.3) is 7.82 Å². The summed E-state index contributed by atoms with van der Waals surface area (Å²) < 4.78 is 41.8. The molecule has 0 atom stereocenters. The van der Waals surface area contributed by atoms with Crippen LogP contribution >= 0.6 is 23.5 Å². The van der Waals surface area contributed by atoms with Gasteiger partial charge in [-0.2, -0.15) is 0 Å². The van der Waals surface area contributed by atoms with Crippen molar-refractivity contribution in [3.63, 3.8) is 0 Å². The average Bonchev–Trinajstić information content (AvgIpc) is 1.27. The fourth-order valence-electron chi connectivity index (χ4n) is 13.5. The molecule has 0 saturated carbocycles. The maximum Gasteiger partial charge on any atom is 0.275 e. The van der Waals surface area contributed by atoms with Crippen molar-refractivity contribution in [2.45, 2.75) is 395 Å². The number of phosphoric acid groups is 3. The number of hydrogen-bond donors (Lipinski definition) is 0. The summed E-state index contributed by atoms with van der Waals surface area (Å²) in [5.74, 6) is 0. The molecular formula is C80H180N5O10P3. The molecule has 0 radical (unpaired) electrons. The van der Waals surface area contributed by atoms with E-state index in [1.165, 1.54) is 410 Å². The van der Waals surface area contributed by atoms with Gasteiger partial charge in [-0.05, 0) is 128 Å². The molecule has 0 aliphatic carbocycles. The second-order valence-electron chi connectivity index (χ2n) is 29.8. The van der Waals surface area contributed by atoms with Crippen LogP contribution in [0.25, 0.3) is 0 Å². The smallest absolute Gasteiger partial charge is 0.275 e. The van der Waals surface area contributed by atoms with Crippen LogP contribution in [0.15, 0.2) is 0 Å². The van der Waals surface area contributed by atoms with E-state index in [-0.39, 0.29) is 0 Å². The number of rotatable bonds is 64. The molecule has 0 rings (SSSR count). The maximum absolute atomic E-state index is 10.1. The minimum absolute atomic E-state index is 1.35. The van der Waals surface area contributed by atoms with Gasteiger partial charge >= 0.3 is 0 Å². The van der Waals surface area contributed by atoms with E-state index < -0.39 is 23.5 Å². The highest BCUT2D eigenvalue weighted by molar-refractivity contribution is 7.64. The van der Waals surface area contributed by atoms with Gasteiger partial charge in [0.1, 0.15) is 0 Å². The van der Waals surface area contributed by atoms with Gasteiger partial charge in [0.05, 0.1) is 147 Å². The largest absolute Gasteiger partial charge is 0.790 e. The van der Waals surface area contributed by atoms with Crippen molar-refractivity contribution in [2.24, 2.45) is 0 Å². The molecular weight excluding hydrogens is 1280 g/mol. The molecule has 0 aromatic heterocycles. The van der Waals surface area contributed by atoms with Gasteiger partial charge in [-0.3, -0.25) is 13.2 Å². The predicted octanol–water partition coefficient (Wildman–Crippen LogP) is 21.2. The number of nitrogens with zero attached hydrogens (tertiary/aromatic N) is 5. The standard InChI is InChI=1S/5C16H36N.H5O10P3/c5*1-5-9-13-17(14-10-6-2,15-11-7-3)16-12-8-4;1-11(2,3)9-13(7,8)10-12(4,5)6/h5*5-16H2,1-4H3;(H,7,8)(H2,1,2,3)(H2,4,5,6)/q5*+1;/p-5. The Hall–Kier alpha value is 0.210. The Labute approximate surface area is 615 Å². The van der Waals surface area contributed by atoms with Crippen LogP contribution in [0.1, 0.15) is 395 Å². The zero-order valence-corrected chi connectivity index (χ0v) is 72.8. The Morgan fingerprint density at radius 1 is 0.173 bits per heavy atom. The fraction of sp³-hybridized carbons (Fsp3) is 1.00. The first-order chi connectivity index (χ1) is 46.6. The summed E-state index contributed by atoms with van der Waals surface area (Å²) >= 11 is 0. The molecule has 0 saturated heterocycles. The minimum Gasteiger partial charge on any atom is -0.790 e. The first-order valence-electron chi connectivity index (χ1n) is 42.7. The molecule has 0 fully saturated rings. The molecule has 0 amide bonds. The van der Waals surface area contributed by atoms with E-state index in [0.717, 1.165) is 0 Å². The van der Waals surface area contributed by atoms with Crippen molar-refractivity contribution in [3.05, 3.63) is 0 Å². The molecule has 0 aromatic carbocycles. The van der Waals surface area contributed by atoms with Crippen LogP contribution in [0, 0.1) is 0 Å². The van der Waals surface area contributed by atoms with Gasteiger partial charge in [0.15, 0.2) is 0 Å². The monoisotopic (exact) mass is 1460 g/mol. The lowest BCUT2D eigenvalue weighted by atomic mass is 10.1. The van der Waals surface area contributed by atoms with Crippen molar-refractivity contribution in [1.82, 2.24) is 0 Å². The second kappa shape index (κ2) is 74.1. The molecule has 0 N–H and O–H groups in total. The molecule has 0 spiro atoms. The molecule has 15 nitrogen and oxygen atoms in total. The SMILES string of the molecule is CCCC[N+](CCCC)(CCCC)CCCC.CCCC[N+](CCCC)(CCCC)CCCC.CCCC[N+](CCCC)(CCCC)CCCC.CCCC[N+](CCCC)(CCCC)CCCC.CCCC[N+](CCCC)(CCCC)CCCC.O=P([O-])([O-])OP(=O)([O-])OP(=O)([O-])[O-]. The lowest BCUT2D eigenvalue weighted by Gasteiger charge is -2.40. The van der Waals surface area contributed by atoms with Crippen LogP contribution in [0.3, 0.4) is 0 Å². The molecule has 0 aliphatic rings. The van der Waals surface area contributed by atoms with Crippen LogP contribution in [0.2, 0.25) is 0 Å². The van der Waals surface area contributed by atoms with Gasteiger partial charge in [-0.1, -0.05) is 267 Å². The molecule has 600 valence electrons. The van der Waals surface area contributed by atoms with Crippen molar-refractivity contribution < 1.29 is 69.2 Å². The summed E-state index contributed by atoms with van der Waals surface area (Å²) in [7, 11) is -17.9. The molecule has 0 bridgehead atoms. The third kappa shape index (κ3) is 69.3. The fourth-order valence-corrected chi connectivity index (χ4v) is 15.8. The average molecular weight is 1470 g/mol. The summed E-state index contributed by atoms with van der Waals surface area (Å²) in [5.41, 5.74) is 0. The van der Waals surface area contributed by atoms with Crippen LogP contribution < -0.4 is 24.5 Å². The Morgan fingerprint density at radius 2 is 0.245 bits per heavy atom. The van der Waals surface area contributed by atoms with E-state index in [9.17, 15) is 38.2 Å². The van der Waals surface area contributed by atoms with Crippen LogP contribution in [-0.2, 0) is 22.3 Å². The van der Waals surface area contributed by atoms with E-state index in [1.807, 2.05) is 0 Å². The maximum atomic E-state index is 10.1. The number of unbranched alkanes of at least 4 members (excludes halogenated alkanes) is 20. The Balaban J connectivity index is -0.000000260. The predicted molar refractivity (Wildman–Crippen MR) is 422 cm³/mol. The Kier molecular flexibility index (Phi) is 82.5. The quantitative estimate of drug-likeness (QED) is 0.0419. The first-order valence-corrected chi connectivity index (χ1v) is 47.0. The van der Waals surface area contributed by atoms with E-state index >= 15 is 0 Å². The molecule has 0 unspecified atom stereocenters. The summed E-state index contributed by atoms with van der Waals surface area (Å²) in [6.07, 6.45) is 55.3. The molecule has 98 heavy (non-hydrogen) atoms. The summed E-state index contributed by atoms with van der Waals surface area (Å²) in [4.78, 5) is 48.6.